The van der Waals surface area contributed by atoms with Crippen LogP contribution in [0.15, 0.2) is 84.4 Å². The van der Waals surface area contributed by atoms with Crippen molar-refractivity contribution in [1.82, 2.24) is 9.80 Å². The zero-order chi connectivity index (χ0) is 35.1. The van der Waals surface area contributed by atoms with Crippen LogP contribution >= 0.6 is 34.8 Å². The minimum Gasteiger partial charge on any atom is -0.508 e. The molecule has 3 saturated heterocycles. The van der Waals surface area contributed by atoms with E-state index in [1.807, 2.05) is 24.3 Å². The standard InChI is InChI=1S/C38H33Cl3FN3O5/c39-22-6-13-30(46)28(18-22)32-26-11-12-27-31(34(48)44(33(27)47)25-14-16-43(17-15-25)20-21-4-2-1-3-5-21)29(26)19-37(40)35(49)45(36(50)38(32,37)41)24-9-7-23(42)8-10-24/h1-11,13,18,25,27,29,31-32,46H,12,14-17,19-20H2. The van der Waals surface area contributed by atoms with Crippen molar-refractivity contribution in [2.24, 2.45) is 17.8 Å². The van der Waals surface area contributed by atoms with E-state index in [-0.39, 0.29) is 52.7 Å². The van der Waals surface area contributed by atoms with Gasteiger partial charge >= 0.3 is 0 Å². The number of amides is 4. The molecule has 1 saturated carbocycles. The van der Waals surface area contributed by atoms with Gasteiger partial charge in [-0.15, -0.1) is 23.2 Å². The van der Waals surface area contributed by atoms with Gasteiger partial charge in [-0.05, 0) is 79.6 Å². The van der Waals surface area contributed by atoms with Crippen LogP contribution in [0.25, 0.3) is 0 Å². The Morgan fingerprint density at radius 3 is 2.26 bits per heavy atom. The van der Waals surface area contributed by atoms with Gasteiger partial charge in [0, 0.05) is 42.2 Å². The number of fused-ring (bicyclic) bond motifs is 4. The van der Waals surface area contributed by atoms with E-state index in [1.54, 1.807) is 0 Å². The summed E-state index contributed by atoms with van der Waals surface area (Å²) in [4.78, 5) is 57.8. The molecule has 6 unspecified atom stereocenters. The number of hydrogen-bond donors (Lipinski definition) is 1. The molecule has 6 atom stereocenters. The molecule has 8 rings (SSSR count). The highest BCUT2D eigenvalue weighted by Gasteiger charge is 2.77. The number of likely N-dealkylation sites (tertiary alicyclic amines) is 2. The van der Waals surface area contributed by atoms with E-state index in [1.165, 1.54) is 40.8 Å². The number of carbonyl (C=O) groups is 4. The number of carbonyl (C=O) groups excluding carboxylic acids is 4. The Kier molecular flexibility index (Phi) is 8.14. The zero-order valence-electron chi connectivity index (χ0n) is 26.8. The minimum absolute atomic E-state index is 0.0802. The Bertz CT molecular complexity index is 1950. The minimum atomic E-state index is -2.16. The summed E-state index contributed by atoms with van der Waals surface area (Å²) in [5.74, 6) is -6.44. The molecule has 0 spiro atoms. The van der Waals surface area contributed by atoms with Crippen molar-refractivity contribution in [3.8, 4) is 5.75 Å². The van der Waals surface area contributed by atoms with Crippen LogP contribution in [0, 0.1) is 23.6 Å². The van der Waals surface area contributed by atoms with Gasteiger partial charge in [0.1, 0.15) is 11.6 Å². The molecule has 3 aromatic rings. The number of imide groups is 2. The highest BCUT2D eigenvalue weighted by atomic mass is 35.5. The van der Waals surface area contributed by atoms with E-state index in [0.717, 1.165) is 36.7 Å². The molecular formula is C38H33Cl3FN3O5. The molecule has 3 heterocycles. The van der Waals surface area contributed by atoms with Gasteiger partial charge in [-0.1, -0.05) is 53.6 Å². The molecular weight excluding hydrogens is 704 g/mol. The number of allylic oxidation sites excluding steroid dienone is 2. The topological polar surface area (TPSA) is 98.2 Å². The van der Waals surface area contributed by atoms with E-state index in [0.29, 0.717) is 18.4 Å². The molecule has 0 aromatic heterocycles. The number of nitrogens with zero attached hydrogens (tertiary/aromatic N) is 3. The maximum Gasteiger partial charge on any atom is 0.258 e. The van der Waals surface area contributed by atoms with Crippen LogP contribution in [0.2, 0.25) is 5.02 Å². The fourth-order valence-corrected chi connectivity index (χ4v) is 10.2. The van der Waals surface area contributed by atoms with Crippen molar-refractivity contribution in [3.05, 3.63) is 106 Å². The number of phenols is 1. The highest BCUT2D eigenvalue weighted by Crippen LogP contribution is 2.66. The maximum absolute atomic E-state index is 14.5. The summed E-state index contributed by atoms with van der Waals surface area (Å²) in [5.41, 5.74) is 2.01. The lowest BCUT2D eigenvalue weighted by molar-refractivity contribution is -0.144. The van der Waals surface area contributed by atoms with Crippen molar-refractivity contribution < 1.29 is 28.7 Å². The Hall–Kier alpha value is -3.76. The van der Waals surface area contributed by atoms with Gasteiger partial charge in [0.25, 0.3) is 11.8 Å². The van der Waals surface area contributed by atoms with Gasteiger partial charge in [0.05, 0.1) is 17.5 Å². The largest absolute Gasteiger partial charge is 0.508 e. The predicted molar refractivity (Wildman–Crippen MR) is 186 cm³/mol. The second-order valence-electron chi connectivity index (χ2n) is 14.0. The molecule has 12 heteroatoms. The fourth-order valence-electron chi connectivity index (χ4n) is 9.06. The van der Waals surface area contributed by atoms with Gasteiger partial charge in [0.15, 0.2) is 9.75 Å². The van der Waals surface area contributed by atoms with Gasteiger partial charge < -0.3 is 5.11 Å². The predicted octanol–water partition coefficient (Wildman–Crippen LogP) is 6.41. The third-order valence-electron chi connectivity index (χ3n) is 11.4. The van der Waals surface area contributed by atoms with E-state index in [2.05, 4.69) is 17.0 Å². The molecule has 50 heavy (non-hydrogen) atoms. The normalized spacial score (nSPS) is 31.5. The first-order valence-corrected chi connectivity index (χ1v) is 17.9. The quantitative estimate of drug-likeness (QED) is 0.185. The monoisotopic (exact) mass is 735 g/mol. The summed E-state index contributed by atoms with van der Waals surface area (Å²) in [7, 11) is 0. The summed E-state index contributed by atoms with van der Waals surface area (Å²) < 4.78 is 13.9. The molecule has 4 amide bonds. The van der Waals surface area contributed by atoms with Gasteiger partial charge in [-0.2, -0.15) is 0 Å². The van der Waals surface area contributed by atoms with E-state index in [4.69, 9.17) is 34.8 Å². The van der Waals surface area contributed by atoms with Gasteiger partial charge in [0.2, 0.25) is 11.8 Å². The van der Waals surface area contributed by atoms with Crippen LogP contribution in [0.3, 0.4) is 0 Å². The van der Waals surface area contributed by atoms with Crippen molar-refractivity contribution in [1.29, 1.82) is 0 Å². The number of hydrogen-bond acceptors (Lipinski definition) is 6. The van der Waals surface area contributed by atoms with Crippen molar-refractivity contribution in [3.63, 3.8) is 0 Å². The molecule has 2 aliphatic carbocycles. The molecule has 3 aromatic carbocycles. The van der Waals surface area contributed by atoms with Crippen molar-refractivity contribution in [2.75, 3.05) is 18.0 Å². The van der Waals surface area contributed by atoms with Crippen LogP contribution in [-0.2, 0) is 25.7 Å². The lowest BCUT2D eigenvalue weighted by atomic mass is 9.56. The number of halogens is 4. The Morgan fingerprint density at radius 2 is 1.56 bits per heavy atom. The first-order chi connectivity index (χ1) is 23.9. The molecule has 258 valence electrons. The van der Waals surface area contributed by atoms with Crippen LogP contribution in [-0.4, -0.2) is 67.4 Å². The smallest absolute Gasteiger partial charge is 0.258 e. The van der Waals surface area contributed by atoms with Crippen LogP contribution in [0.4, 0.5) is 10.1 Å². The van der Waals surface area contributed by atoms with E-state index in [9.17, 15) is 28.7 Å². The lowest BCUT2D eigenvalue weighted by Gasteiger charge is -2.50. The number of aromatic hydroxyl groups is 1. The summed E-state index contributed by atoms with van der Waals surface area (Å²) in [5, 5.41) is 11.4. The summed E-state index contributed by atoms with van der Waals surface area (Å²) in [6.45, 7) is 2.24. The van der Waals surface area contributed by atoms with Crippen LogP contribution < -0.4 is 4.90 Å². The first kappa shape index (κ1) is 33.4. The van der Waals surface area contributed by atoms with E-state index >= 15 is 0 Å². The number of rotatable bonds is 5. The summed E-state index contributed by atoms with van der Waals surface area (Å²) in [6, 6.07) is 19.0. The molecule has 3 aliphatic heterocycles. The number of piperidine rings is 1. The van der Waals surface area contributed by atoms with Crippen molar-refractivity contribution in [2.45, 2.75) is 53.9 Å². The number of alkyl halides is 2. The molecule has 0 bridgehead atoms. The fraction of sp³-hybridized carbons (Fsp3) is 0.368. The number of anilines is 1. The number of benzene rings is 3. The third-order valence-corrected chi connectivity index (χ3v) is 13.1. The Morgan fingerprint density at radius 1 is 0.860 bits per heavy atom. The zero-order valence-corrected chi connectivity index (χ0v) is 29.0. The van der Waals surface area contributed by atoms with Crippen LogP contribution in [0.1, 0.15) is 42.7 Å². The van der Waals surface area contributed by atoms with Gasteiger partial charge in [-0.25, -0.2) is 9.29 Å². The molecule has 4 fully saturated rings. The molecule has 8 nitrogen and oxygen atoms in total. The van der Waals surface area contributed by atoms with Crippen molar-refractivity contribution >= 4 is 64.1 Å². The molecule has 1 N–H and O–H groups in total. The molecule has 5 aliphatic rings. The Labute approximate surface area is 303 Å². The van der Waals surface area contributed by atoms with E-state index < -0.39 is 51.1 Å². The second kappa shape index (κ2) is 12.2. The average Bonchev–Trinajstić information content (AvgIpc) is 3.45. The van der Waals surface area contributed by atoms with Gasteiger partial charge in [-0.3, -0.25) is 29.0 Å². The highest BCUT2D eigenvalue weighted by molar-refractivity contribution is 6.58. The summed E-state index contributed by atoms with van der Waals surface area (Å²) in [6.07, 6.45) is 3.11. The lowest BCUT2D eigenvalue weighted by Crippen LogP contribution is -2.60. The maximum atomic E-state index is 14.5. The molecule has 0 radical (unpaired) electrons. The number of phenolic OH excluding ortho intramolecular Hbond substituents is 1. The van der Waals surface area contributed by atoms with Crippen LogP contribution in [0.5, 0.6) is 5.75 Å². The first-order valence-electron chi connectivity index (χ1n) is 16.8. The third kappa shape index (κ3) is 4.88. The SMILES string of the molecule is O=C1C2CC=C3C(CC4(Cl)C(=O)N(c5ccc(F)cc5)C(=O)C4(Cl)C3c3cc(Cl)ccc3O)C2C(=O)N1C1CCN(Cc2ccccc2)CC1. The summed E-state index contributed by atoms with van der Waals surface area (Å²) >= 11 is 21.2. The Balaban J connectivity index is 1.15. The second-order valence-corrected chi connectivity index (χ2v) is 15.7. The average molecular weight is 737 g/mol.